The lowest BCUT2D eigenvalue weighted by Crippen LogP contribution is -2.04. The Balaban J connectivity index is 2.26. The Morgan fingerprint density at radius 3 is 2.94 bits per heavy atom. The first kappa shape index (κ1) is 11.5. The van der Waals surface area contributed by atoms with E-state index >= 15 is 0 Å². The molecule has 0 radical (unpaired) electrons. The van der Waals surface area contributed by atoms with Gasteiger partial charge in [0.2, 0.25) is 5.95 Å². The molecule has 2 aromatic rings. The molecule has 0 atom stereocenters. The minimum absolute atomic E-state index is 0.672. The third kappa shape index (κ3) is 3.00. The van der Waals surface area contributed by atoms with Gasteiger partial charge in [-0.25, -0.2) is 9.97 Å². The van der Waals surface area contributed by atoms with Gasteiger partial charge in [-0.2, -0.15) is 0 Å². The van der Waals surface area contributed by atoms with Crippen LogP contribution in [0.1, 0.15) is 18.9 Å². The molecule has 17 heavy (non-hydrogen) atoms. The van der Waals surface area contributed by atoms with Crippen molar-refractivity contribution in [2.45, 2.75) is 20.3 Å². The van der Waals surface area contributed by atoms with Crippen molar-refractivity contribution in [1.82, 2.24) is 15.0 Å². The largest absolute Gasteiger partial charge is 0.354 e. The Hall–Kier alpha value is -1.97. The SMILES string of the molecule is CCCNc1nccc(-c2cncc(C)c2)n1. The lowest BCUT2D eigenvalue weighted by Gasteiger charge is -2.05. The maximum absolute atomic E-state index is 4.46. The van der Waals surface area contributed by atoms with Gasteiger partial charge in [-0.1, -0.05) is 6.92 Å². The highest BCUT2D eigenvalue weighted by Gasteiger charge is 2.02. The van der Waals surface area contributed by atoms with Gasteiger partial charge in [0.1, 0.15) is 0 Å². The molecule has 0 aromatic carbocycles. The summed E-state index contributed by atoms with van der Waals surface area (Å²) in [5.41, 5.74) is 3.05. The number of nitrogens with one attached hydrogen (secondary N) is 1. The van der Waals surface area contributed by atoms with E-state index in [0.29, 0.717) is 5.95 Å². The number of hydrogen-bond donors (Lipinski definition) is 1. The molecule has 0 aliphatic heterocycles. The molecule has 0 bridgehead atoms. The zero-order valence-electron chi connectivity index (χ0n) is 10.1. The number of hydrogen-bond acceptors (Lipinski definition) is 4. The number of rotatable bonds is 4. The van der Waals surface area contributed by atoms with Gasteiger partial charge in [0.05, 0.1) is 5.69 Å². The second kappa shape index (κ2) is 5.39. The average molecular weight is 228 g/mol. The van der Waals surface area contributed by atoms with Gasteiger partial charge in [0, 0.05) is 30.7 Å². The molecule has 0 saturated heterocycles. The number of nitrogens with zero attached hydrogens (tertiary/aromatic N) is 3. The summed E-state index contributed by atoms with van der Waals surface area (Å²) in [6, 6.07) is 3.96. The number of anilines is 1. The molecule has 0 amide bonds. The Labute approximate surface area is 101 Å². The Kier molecular flexibility index (Phi) is 3.65. The Morgan fingerprint density at radius 1 is 1.29 bits per heavy atom. The molecule has 2 rings (SSSR count). The summed E-state index contributed by atoms with van der Waals surface area (Å²) in [6.07, 6.45) is 6.47. The van der Waals surface area contributed by atoms with Crippen molar-refractivity contribution >= 4 is 5.95 Å². The molecular formula is C13H16N4. The molecule has 0 saturated carbocycles. The highest BCUT2D eigenvalue weighted by Crippen LogP contribution is 2.17. The molecule has 88 valence electrons. The van der Waals surface area contributed by atoms with Crippen LogP contribution in [0.15, 0.2) is 30.7 Å². The molecule has 4 heteroatoms. The van der Waals surface area contributed by atoms with Crippen LogP contribution in [0.3, 0.4) is 0 Å². The minimum atomic E-state index is 0.672. The van der Waals surface area contributed by atoms with E-state index in [9.17, 15) is 0 Å². The quantitative estimate of drug-likeness (QED) is 0.874. The van der Waals surface area contributed by atoms with Crippen LogP contribution in [-0.2, 0) is 0 Å². The van der Waals surface area contributed by atoms with E-state index in [1.807, 2.05) is 25.4 Å². The molecule has 0 aliphatic carbocycles. The number of pyridine rings is 1. The van der Waals surface area contributed by atoms with E-state index in [1.54, 1.807) is 6.20 Å². The first-order chi connectivity index (χ1) is 8.29. The molecule has 0 fully saturated rings. The minimum Gasteiger partial charge on any atom is -0.354 e. The Bertz CT molecular complexity index is 496. The number of aromatic nitrogens is 3. The molecular weight excluding hydrogens is 212 g/mol. The van der Waals surface area contributed by atoms with Gasteiger partial charge in [0.25, 0.3) is 0 Å². The van der Waals surface area contributed by atoms with Crippen LogP contribution >= 0.6 is 0 Å². The van der Waals surface area contributed by atoms with Crippen molar-refractivity contribution in [2.24, 2.45) is 0 Å². The Morgan fingerprint density at radius 2 is 2.18 bits per heavy atom. The fourth-order valence-electron chi connectivity index (χ4n) is 1.54. The molecule has 2 heterocycles. The van der Waals surface area contributed by atoms with Gasteiger partial charge in [-0.15, -0.1) is 0 Å². The van der Waals surface area contributed by atoms with Crippen molar-refractivity contribution in [3.63, 3.8) is 0 Å². The summed E-state index contributed by atoms with van der Waals surface area (Å²) in [5.74, 6) is 0.672. The summed E-state index contributed by atoms with van der Waals surface area (Å²) in [7, 11) is 0. The van der Waals surface area contributed by atoms with Crippen LogP contribution in [-0.4, -0.2) is 21.5 Å². The summed E-state index contributed by atoms with van der Waals surface area (Å²) >= 11 is 0. The monoisotopic (exact) mass is 228 g/mol. The van der Waals surface area contributed by atoms with Crippen molar-refractivity contribution in [1.29, 1.82) is 0 Å². The molecule has 1 N–H and O–H groups in total. The second-order valence-electron chi connectivity index (χ2n) is 3.94. The maximum atomic E-state index is 4.46. The van der Waals surface area contributed by atoms with Gasteiger partial charge >= 0.3 is 0 Å². The van der Waals surface area contributed by atoms with E-state index in [1.165, 1.54) is 0 Å². The van der Waals surface area contributed by atoms with E-state index in [4.69, 9.17) is 0 Å². The first-order valence-corrected chi connectivity index (χ1v) is 5.78. The van der Waals surface area contributed by atoms with Crippen LogP contribution < -0.4 is 5.32 Å². The smallest absolute Gasteiger partial charge is 0.223 e. The molecule has 0 aliphatic rings. The fourth-order valence-corrected chi connectivity index (χ4v) is 1.54. The van der Waals surface area contributed by atoms with Crippen LogP contribution in [0.25, 0.3) is 11.3 Å². The number of aryl methyl sites for hydroxylation is 1. The highest BCUT2D eigenvalue weighted by molar-refractivity contribution is 5.59. The van der Waals surface area contributed by atoms with Gasteiger partial charge in [-0.3, -0.25) is 4.98 Å². The second-order valence-corrected chi connectivity index (χ2v) is 3.94. The van der Waals surface area contributed by atoms with Crippen LogP contribution in [0.5, 0.6) is 0 Å². The van der Waals surface area contributed by atoms with Crippen molar-refractivity contribution in [2.75, 3.05) is 11.9 Å². The lowest BCUT2D eigenvalue weighted by molar-refractivity contribution is 0.953. The van der Waals surface area contributed by atoms with E-state index in [0.717, 1.165) is 29.8 Å². The summed E-state index contributed by atoms with van der Waals surface area (Å²) in [6.45, 7) is 5.02. The summed E-state index contributed by atoms with van der Waals surface area (Å²) in [5, 5.41) is 3.18. The normalized spacial score (nSPS) is 10.2. The van der Waals surface area contributed by atoms with Gasteiger partial charge in [0.15, 0.2) is 0 Å². The van der Waals surface area contributed by atoms with E-state index < -0.39 is 0 Å². The fraction of sp³-hybridized carbons (Fsp3) is 0.308. The van der Waals surface area contributed by atoms with Crippen LogP contribution in [0.4, 0.5) is 5.95 Å². The summed E-state index contributed by atoms with van der Waals surface area (Å²) in [4.78, 5) is 12.8. The predicted octanol–water partition coefficient (Wildman–Crippen LogP) is 2.67. The van der Waals surface area contributed by atoms with E-state index in [2.05, 4.69) is 33.3 Å². The van der Waals surface area contributed by atoms with Gasteiger partial charge in [-0.05, 0) is 31.0 Å². The molecule has 0 unspecified atom stereocenters. The standard InChI is InChI=1S/C13H16N4/c1-3-5-15-13-16-6-4-12(17-13)11-7-10(2)8-14-9-11/h4,6-9H,3,5H2,1-2H3,(H,15,16,17). The molecule has 0 spiro atoms. The van der Waals surface area contributed by atoms with E-state index in [-0.39, 0.29) is 0 Å². The predicted molar refractivity (Wildman–Crippen MR) is 68.8 cm³/mol. The van der Waals surface area contributed by atoms with Crippen molar-refractivity contribution in [3.8, 4) is 11.3 Å². The van der Waals surface area contributed by atoms with Crippen LogP contribution in [0, 0.1) is 6.92 Å². The zero-order valence-corrected chi connectivity index (χ0v) is 10.1. The van der Waals surface area contributed by atoms with Crippen LogP contribution in [0.2, 0.25) is 0 Å². The lowest BCUT2D eigenvalue weighted by atomic mass is 10.1. The first-order valence-electron chi connectivity index (χ1n) is 5.78. The average Bonchev–Trinajstić information content (AvgIpc) is 2.37. The third-order valence-electron chi connectivity index (χ3n) is 2.36. The summed E-state index contributed by atoms with van der Waals surface area (Å²) < 4.78 is 0. The maximum Gasteiger partial charge on any atom is 0.223 e. The zero-order chi connectivity index (χ0) is 12.1. The topological polar surface area (TPSA) is 50.7 Å². The van der Waals surface area contributed by atoms with Gasteiger partial charge < -0.3 is 5.32 Å². The van der Waals surface area contributed by atoms with Crippen molar-refractivity contribution in [3.05, 3.63) is 36.3 Å². The molecule has 2 aromatic heterocycles. The van der Waals surface area contributed by atoms with Crippen molar-refractivity contribution < 1.29 is 0 Å². The third-order valence-corrected chi connectivity index (χ3v) is 2.36. The highest BCUT2D eigenvalue weighted by atomic mass is 15.1. The molecule has 4 nitrogen and oxygen atoms in total.